The monoisotopic (exact) mass is 380 g/mol. The highest BCUT2D eigenvalue weighted by Crippen LogP contribution is 2.21. The molecule has 0 aliphatic carbocycles. The van der Waals surface area contributed by atoms with Crippen LogP contribution in [0.1, 0.15) is 0 Å². The van der Waals surface area contributed by atoms with Gasteiger partial charge in [-0.05, 0) is 36.4 Å². The Bertz CT molecular complexity index is 1060. The van der Waals surface area contributed by atoms with Gasteiger partial charge in [-0.2, -0.15) is 4.57 Å². The maximum Gasteiger partial charge on any atom is 0.441 e. The van der Waals surface area contributed by atoms with Gasteiger partial charge in [-0.1, -0.05) is 12.1 Å². The Morgan fingerprint density at radius 2 is 1.79 bits per heavy atom. The third-order valence-corrected chi connectivity index (χ3v) is 5.73. The molecule has 7 heteroatoms. The summed E-state index contributed by atoms with van der Waals surface area (Å²) in [6.45, 7) is 5.31. The van der Waals surface area contributed by atoms with Gasteiger partial charge in [0.25, 0.3) is 0 Å². The van der Waals surface area contributed by atoms with Crippen molar-refractivity contribution < 1.29 is 8.96 Å². The zero-order valence-corrected chi connectivity index (χ0v) is 15.6. The highest BCUT2D eigenvalue weighted by atomic mass is 19.1. The molecule has 2 aliphatic rings. The molecule has 0 radical (unpaired) electrons. The van der Waals surface area contributed by atoms with Gasteiger partial charge in [0.05, 0.1) is 5.39 Å². The maximum atomic E-state index is 13.1. The van der Waals surface area contributed by atoms with Crippen molar-refractivity contribution in [1.29, 1.82) is 0 Å². The second-order valence-corrected chi connectivity index (χ2v) is 7.54. The van der Waals surface area contributed by atoms with Gasteiger partial charge < -0.3 is 4.90 Å². The van der Waals surface area contributed by atoms with Crippen molar-refractivity contribution >= 4 is 22.4 Å². The Morgan fingerprint density at radius 3 is 2.57 bits per heavy atom. The van der Waals surface area contributed by atoms with E-state index in [1.54, 1.807) is 0 Å². The van der Waals surface area contributed by atoms with Gasteiger partial charge in [-0.25, -0.2) is 14.2 Å². The lowest BCUT2D eigenvalue weighted by Crippen LogP contribution is -2.53. The number of H-pyrrole nitrogens is 1. The standard InChI is InChI=1S/C21H22FN5O/c22-15-5-7-17(8-6-15)26-11-9-25(10-12-26)13-16-14-27-20(23-16)18-3-1-2-4-19(18)24-21(27)28/h1-8,16H,9-14H2,(H,23,24,28)/p+1/t16-/m1/s1. The Hall–Kier alpha value is -2.93. The van der Waals surface area contributed by atoms with E-state index < -0.39 is 0 Å². The summed E-state index contributed by atoms with van der Waals surface area (Å²) >= 11 is 0. The van der Waals surface area contributed by atoms with Crippen LogP contribution in [0.15, 0.2) is 53.3 Å². The summed E-state index contributed by atoms with van der Waals surface area (Å²) in [5, 5.41) is 4.61. The molecule has 2 aromatic carbocycles. The van der Waals surface area contributed by atoms with Crippen molar-refractivity contribution in [2.24, 2.45) is 0 Å². The van der Waals surface area contributed by atoms with Crippen LogP contribution in [0.5, 0.6) is 0 Å². The lowest BCUT2D eigenvalue weighted by Gasteiger charge is -2.36. The number of nitrogens with zero attached hydrogens (tertiary/aromatic N) is 3. The lowest BCUT2D eigenvalue weighted by molar-refractivity contribution is -0.689. The number of nitrogens with one attached hydrogen (secondary N) is 2. The normalized spacial score (nSPS) is 19.6. The largest absolute Gasteiger partial charge is 0.441 e. The summed E-state index contributed by atoms with van der Waals surface area (Å²) in [6.07, 6.45) is 0. The predicted molar refractivity (Wildman–Crippen MR) is 107 cm³/mol. The number of piperazine rings is 1. The van der Waals surface area contributed by atoms with E-state index in [9.17, 15) is 9.18 Å². The second-order valence-electron chi connectivity index (χ2n) is 7.54. The van der Waals surface area contributed by atoms with Gasteiger partial charge in [0.15, 0.2) is 0 Å². The van der Waals surface area contributed by atoms with Gasteiger partial charge >= 0.3 is 5.69 Å². The molecule has 1 saturated heterocycles. The van der Waals surface area contributed by atoms with Crippen LogP contribution in [0.4, 0.5) is 15.9 Å². The van der Waals surface area contributed by atoms with Crippen molar-refractivity contribution in [2.45, 2.75) is 12.6 Å². The SMILES string of the molecule is O=c1[nH]c2ccccc2c2[n+]1C[C@@H](CN1CCN(c3ccc(F)cc3)CC1)N2. The summed E-state index contributed by atoms with van der Waals surface area (Å²) in [5.74, 6) is 0.712. The molecule has 0 amide bonds. The van der Waals surface area contributed by atoms with Gasteiger partial charge in [0, 0.05) is 38.4 Å². The van der Waals surface area contributed by atoms with E-state index in [2.05, 4.69) is 20.1 Å². The number of para-hydroxylation sites is 1. The Labute approximate surface area is 162 Å². The molecule has 1 fully saturated rings. The van der Waals surface area contributed by atoms with Gasteiger partial charge in [-0.3, -0.25) is 10.2 Å². The third-order valence-electron chi connectivity index (χ3n) is 5.73. The van der Waals surface area contributed by atoms with E-state index in [-0.39, 0.29) is 17.5 Å². The first kappa shape index (κ1) is 17.2. The Balaban J connectivity index is 1.24. The topological polar surface area (TPSA) is 55.3 Å². The molecule has 2 aliphatic heterocycles. The zero-order valence-electron chi connectivity index (χ0n) is 15.6. The number of anilines is 2. The van der Waals surface area contributed by atoms with Crippen LogP contribution in [-0.2, 0) is 6.54 Å². The molecular weight excluding hydrogens is 357 g/mol. The van der Waals surface area contributed by atoms with E-state index in [0.717, 1.165) is 55.1 Å². The minimum absolute atomic E-state index is 0.0650. The smallest absolute Gasteiger partial charge is 0.369 e. The van der Waals surface area contributed by atoms with Crippen LogP contribution in [0.25, 0.3) is 10.9 Å². The molecule has 5 rings (SSSR count). The number of fused-ring (bicyclic) bond motifs is 3. The van der Waals surface area contributed by atoms with Crippen molar-refractivity contribution in [3.63, 3.8) is 0 Å². The molecule has 0 unspecified atom stereocenters. The number of halogens is 1. The first-order valence-electron chi connectivity index (χ1n) is 9.72. The fourth-order valence-electron chi connectivity index (χ4n) is 4.27. The average Bonchev–Trinajstić information content (AvgIpc) is 3.14. The van der Waals surface area contributed by atoms with Crippen molar-refractivity contribution in [2.75, 3.05) is 42.9 Å². The lowest BCUT2D eigenvalue weighted by atomic mass is 10.2. The minimum Gasteiger partial charge on any atom is -0.369 e. The van der Waals surface area contributed by atoms with Crippen molar-refractivity contribution in [3.05, 3.63) is 64.8 Å². The summed E-state index contributed by atoms with van der Waals surface area (Å²) in [4.78, 5) is 20.1. The van der Waals surface area contributed by atoms with Crippen LogP contribution in [0.2, 0.25) is 0 Å². The number of hydrogen-bond donors (Lipinski definition) is 2. The number of rotatable bonds is 3. The molecule has 6 nitrogen and oxygen atoms in total. The highest BCUT2D eigenvalue weighted by Gasteiger charge is 2.32. The van der Waals surface area contributed by atoms with Crippen LogP contribution in [0.3, 0.4) is 0 Å². The number of benzene rings is 2. The first-order chi connectivity index (χ1) is 13.7. The zero-order chi connectivity index (χ0) is 19.1. The van der Waals surface area contributed by atoms with Crippen LogP contribution < -0.4 is 20.5 Å². The fraction of sp³-hybridized carbons (Fsp3) is 0.333. The molecule has 2 N–H and O–H groups in total. The molecule has 0 saturated carbocycles. The van der Waals surface area contributed by atoms with E-state index >= 15 is 0 Å². The first-order valence-corrected chi connectivity index (χ1v) is 9.72. The highest BCUT2D eigenvalue weighted by molar-refractivity contribution is 5.87. The van der Waals surface area contributed by atoms with Crippen LogP contribution in [-0.4, -0.2) is 48.6 Å². The van der Waals surface area contributed by atoms with E-state index in [1.807, 2.05) is 41.0 Å². The fourth-order valence-corrected chi connectivity index (χ4v) is 4.27. The number of hydrogen-bond acceptors (Lipinski definition) is 4. The Morgan fingerprint density at radius 1 is 1.04 bits per heavy atom. The van der Waals surface area contributed by atoms with Gasteiger partial charge in [0.2, 0.25) is 5.82 Å². The molecule has 28 heavy (non-hydrogen) atoms. The van der Waals surface area contributed by atoms with E-state index in [1.165, 1.54) is 12.1 Å². The minimum atomic E-state index is -0.200. The van der Waals surface area contributed by atoms with Crippen LogP contribution in [0, 0.1) is 5.82 Å². The summed E-state index contributed by atoms with van der Waals surface area (Å²) < 4.78 is 14.9. The Kier molecular flexibility index (Phi) is 4.24. The number of aromatic amines is 1. The molecule has 0 bridgehead atoms. The second kappa shape index (κ2) is 6.91. The van der Waals surface area contributed by atoms with E-state index in [0.29, 0.717) is 6.54 Å². The summed E-state index contributed by atoms with van der Waals surface area (Å²) in [5.41, 5.74) is 1.87. The summed E-state index contributed by atoms with van der Waals surface area (Å²) in [7, 11) is 0. The van der Waals surface area contributed by atoms with Gasteiger partial charge in [-0.15, -0.1) is 0 Å². The molecule has 1 atom stereocenters. The van der Waals surface area contributed by atoms with Crippen LogP contribution >= 0.6 is 0 Å². The molecule has 144 valence electrons. The van der Waals surface area contributed by atoms with Crippen molar-refractivity contribution in [1.82, 2.24) is 9.88 Å². The van der Waals surface area contributed by atoms with Crippen molar-refractivity contribution in [3.8, 4) is 0 Å². The molecular formula is C21H23FN5O+. The molecule has 1 aromatic heterocycles. The summed E-state index contributed by atoms with van der Waals surface area (Å²) in [6, 6.07) is 14.8. The number of aromatic nitrogens is 2. The third kappa shape index (κ3) is 3.11. The maximum absolute atomic E-state index is 13.1. The quantitative estimate of drug-likeness (QED) is 0.678. The predicted octanol–water partition coefficient (Wildman–Crippen LogP) is 1.57. The average molecular weight is 380 g/mol. The molecule has 3 heterocycles. The molecule has 0 spiro atoms. The molecule has 3 aromatic rings. The van der Waals surface area contributed by atoms with Gasteiger partial charge in [0.1, 0.15) is 23.9 Å². The van der Waals surface area contributed by atoms with E-state index in [4.69, 9.17) is 0 Å².